The summed E-state index contributed by atoms with van der Waals surface area (Å²) in [6.45, 7) is 0.715. The van der Waals surface area contributed by atoms with Crippen LogP contribution in [0.15, 0.2) is 71.8 Å². The fraction of sp³-hybridized carbons (Fsp3) is 0.167. The smallest absolute Gasteiger partial charge is 0.286 e. The third kappa shape index (κ3) is 3.87. The van der Waals surface area contributed by atoms with Gasteiger partial charge in [0.1, 0.15) is 11.5 Å². The lowest BCUT2D eigenvalue weighted by Crippen LogP contribution is -2.44. The molecule has 32 heavy (non-hydrogen) atoms. The summed E-state index contributed by atoms with van der Waals surface area (Å²) < 4.78 is 0. The molecule has 0 aromatic heterocycles. The number of nitrogens with one attached hydrogen (secondary N) is 1. The van der Waals surface area contributed by atoms with Gasteiger partial charge in [-0.2, -0.15) is 5.10 Å². The van der Waals surface area contributed by atoms with E-state index in [1.54, 1.807) is 35.3 Å². The number of phenols is 1. The van der Waals surface area contributed by atoms with Crippen LogP contribution in [0.5, 0.6) is 5.75 Å². The van der Waals surface area contributed by atoms with Gasteiger partial charge in [-0.1, -0.05) is 53.5 Å². The zero-order valence-electron chi connectivity index (χ0n) is 17.0. The van der Waals surface area contributed by atoms with Crippen LogP contribution in [-0.2, 0) is 11.2 Å². The molecule has 0 unspecified atom stereocenters. The lowest BCUT2D eigenvalue weighted by molar-refractivity contribution is -0.115. The van der Waals surface area contributed by atoms with Crippen LogP contribution in [0.25, 0.3) is 0 Å². The van der Waals surface area contributed by atoms with Crippen LogP contribution < -0.4 is 15.4 Å². The number of hydrazine groups is 1. The molecule has 1 atom stereocenters. The maximum Gasteiger partial charge on any atom is 0.286 e. The Kier molecular flexibility index (Phi) is 5.41. The summed E-state index contributed by atoms with van der Waals surface area (Å²) in [5.41, 5.74) is 7.18. The number of para-hydroxylation sites is 1. The number of fused-ring (bicyclic) bond motifs is 1. The molecule has 3 aromatic rings. The number of hydrazone groups is 1. The predicted molar refractivity (Wildman–Crippen MR) is 127 cm³/mol. The number of anilines is 2. The van der Waals surface area contributed by atoms with Crippen LogP contribution in [-0.4, -0.2) is 23.3 Å². The van der Waals surface area contributed by atoms with Gasteiger partial charge in [0.25, 0.3) is 5.91 Å². The monoisotopic (exact) mass is 466 g/mol. The summed E-state index contributed by atoms with van der Waals surface area (Å²) in [6, 6.07) is 19.9. The molecule has 0 saturated carbocycles. The largest absolute Gasteiger partial charge is 0.508 e. The van der Waals surface area contributed by atoms with Crippen LogP contribution in [0.4, 0.5) is 11.4 Å². The van der Waals surface area contributed by atoms with E-state index in [0.717, 1.165) is 17.7 Å². The van der Waals surface area contributed by atoms with Gasteiger partial charge in [-0.05, 0) is 53.9 Å². The molecule has 2 aliphatic rings. The highest BCUT2D eigenvalue weighted by atomic mass is 35.5. The highest BCUT2D eigenvalue weighted by Gasteiger charge is 2.34. The van der Waals surface area contributed by atoms with E-state index in [9.17, 15) is 9.90 Å². The minimum Gasteiger partial charge on any atom is -0.508 e. The number of hydrogen-bond acceptors (Lipinski definition) is 5. The molecule has 0 fully saturated rings. The molecule has 162 valence electrons. The standard InChI is InChI=1S/C24H20Cl2N4O2/c25-17-7-10-22(19(26)13-17)30-23(16-5-8-18(31)9-6-16)14-20(27-30)24(32)28-29-12-11-15-3-1-2-4-21(15)29/h1-10,13,23,31H,11-12,14H2,(H,28,32)/t23-/m1/s1. The molecule has 0 aliphatic carbocycles. The van der Waals surface area contributed by atoms with Gasteiger partial charge in [0, 0.05) is 18.0 Å². The van der Waals surface area contributed by atoms with E-state index in [0.29, 0.717) is 34.4 Å². The predicted octanol–water partition coefficient (Wildman–Crippen LogP) is 5.10. The molecule has 3 aromatic carbocycles. The molecule has 1 amide bonds. The van der Waals surface area contributed by atoms with Gasteiger partial charge < -0.3 is 5.11 Å². The Hall–Kier alpha value is -3.22. The van der Waals surface area contributed by atoms with E-state index in [-0.39, 0.29) is 17.7 Å². The van der Waals surface area contributed by atoms with E-state index in [1.165, 1.54) is 5.56 Å². The molecule has 2 heterocycles. The van der Waals surface area contributed by atoms with Gasteiger partial charge in [0.15, 0.2) is 0 Å². The summed E-state index contributed by atoms with van der Waals surface area (Å²) >= 11 is 12.5. The van der Waals surface area contributed by atoms with Crippen molar-refractivity contribution in [3.8, 4) is 5.75 Å². The van der Waals surface area contributed by atoms with E-state index in [2.05, 4.69) is 16.6 Å². The SMILES string of the molecule is O=C(NN1CCc2ccccc21)C1=NN(c2ccc(Cl)cc2Cl)[C@@H](c2ccc(O)cc2)C1. The number of phenolic OH excluding ortho intramolecular Hbond substituents is 1. The Morgan fingerprint density at radius 2 is 1.81 bits per heavy atom. The summed E-state index contributed by atoms with van der Waals surface area (Å²) in [5.74, 6) is -0.0764. The first-order valence-electron chi connectivity index (χ1n) is 10.3. The van der Waals surface area contributed by atoms with E-state index < -0.39 is 0 Å². The molecule has 0 bridgehead atoms. The quantitative estimate of drug-likeness (QED) is 0.560. The van der Waals surface area contributed by atoms with Gasteiger partial charge in [-0.3, -0.25) is 20.2 Å². The Balaban J connectivity index is 1.44. The van der Waals surface area contributed by atoms with Crippen LogP contribution in [0.3, 0.4) is 0 Å². The summed E-state index contributed by atoms with van der Waals surface area (Å²) in [4.78, 5) is 13.2. The Labute approximate surface area is 195 Å². The minimum atomic E-state index is -0.252. The van der Waals surface area contributed by atoms with Crippen molar-refractivity contribution in [2.45, 2.75) is 18.9 Å². The molecule has 2 aliphatic heterocycles. The second-order valence-corrected chi connectivity index (χ2v) is 8.61. The normalized spacial score (nSPS) is 17.3. The fourth-order valence-electron chi connectivity index (χ4n) is 4.13. The van der Waals surface area contributed by atoms with Gasteiger partial charge in [0.2, 0.25) is 0 Å². The first-order chi connectivity index (χ1) is 15.5. The van der Waals surface area contributed by atoms with Gasteiger partial charge in [-0.15, -0.1) is 0 Å². The first kappa shape index (κ1) is 20.7. The van der Waals surface area contributed by atoms with Crippen molar-refractivity contribution < 1.29 is 9.90 Å². The molecule has 6 nitrogen and oxygen atoms in total. The number of aromatic hydroxyl groups is 1. The van der Waals surface area contributed by atoms with Crippen LogP contribution in [0, 0.1) is 0 Å². The topological polar surface area (TPSA) is 68.2 Å². The number of carbonyl (C=O) groups excluding carboxylic acids is 1. The Morgan fingerprint density at radius 1 is 1.03 bits per heavy atom. The summed E-state index contributed by atoms with van der Waals surface area (Å²) in [5, 5.41) is 18.9. The third-order valence-corrected chi connectivity index (χ3v) is 6.27. The zero-order chi connectivity index (χ0) is 22.2. The number of halogens is 2. The van der Waals surface area contributed by atoms with Crippen molar-refractivity contribution in [3.05, 3.63) is 87.9 Å². The van der Waals surface area contributed by atoms with E-state index >= 15 is 0 Å². The zero-order valence-corrected chi connectivity index (χ0v) is 18.5. The molecular weight excluding hydrogens is 447 g/mol. The molecule has 5 rings (SSSR count). The van der Waals surface area contributed by atoms with Crippen molar-refractivity contribution >= 4 is 46.2 Å². The Morgan fingerprint density at radius 3 is 2.59 bits per heavy atom. The second-order valence-electron chi connectivity index (χ2n) is 7.77. The van der Waals surface area contributed by atoms with Crippen LogP contribution >= 0.6 is 23.2 Å². The summed E-state index contributed by atoms with van der Waals surface area (Å²) in [7, 11) is 0. The van der Waals surface area contributed by atoms with E-state index in [1.807, 2.05) is 35.3 Å². The molecule has 0 spiro atoms. The van der Waals surface area contributed by atoms with Crippen molar-refractivity contribution in [3.63, 3.8) is 0 Å². The number of hydrogen-bond donors (Lipinski definition) is 2. The number of carbonyl (C=O) groups is 1. The highest BCUT2D eigenvalue weighted by Crippen LogP contribution is 2.40. The number of rotatable bonds is 4. The molecule has 0 saturated heterocycles. The van der Waals surface area contributed by atoms with Crippen molar-refractivity contribution in [1.29, 1.82) is 0 Å². The highest BCUT2D eigenvalue weighted by molar-refractivity contribution is 6.40. The van der Waals surface area contributed by atoms with Gasteiger partial charge >= 0.3 is 0 Å². The number of benzene rings is 3. The van der Waals surface area contributed by atoms with Gasteiger partial charge in [-0.25, -0.2) is 0 Å². The molecule has 0 radical (unpaired) electrons. The maximum absolute atomic E-state index is 13.2. The Bertz CT molecular complexity index is 1210. The molecule has 8 heteroatoms. The average molecular weight is 467 g/mol. The minimum absolute atomic E-state index is 0.175. The van der Waals surface area contributed by atoms with Crippen LogP contribution in [0.2, 0.25) is 10.0 Å². The van der Waals surface area contributed by atoms with Gasteiger partial charge in [0.05, 0.1) is 22.4 Å². The average Bonchev–Trinajstić information content (AvgIpc) is 3.39. The number of amides is 1. The maximum atomic E-state index is 13.2. The molecular formula is C24H20Cl2N4O2. The van der Waals surface area contributed by atoms with Crippen molar-refractivity contribution in [1.82, 2.24) is 5.43 Å². The first-order valence-corrected chi connectivity index (χ1v) is 11.0. The third-order valence-electron chi connectivity index (χ3n) is 5.73. The fourth-order valence-corrected chi connectivity index (χ4v) is 4.63. The summed E-state index contributed by atoms with van der Waals surface area (Å²) in [6.07, 6.45) is 1.27. The van der Waals surface area contributed by atoms with Crippen LogP contribution in [0.1, 0.15) is 23.6 Å². The lowest BCUT2D eigenvalue weighted by Gasteiger charge is -2.25. The molecule has 2 N–H and O–H groups in total. The number of nitrogens with zero attached hydrogens (tertiary/aromatic N) is 3. The van der Waals surface area contributed by atoms with E-state index in [4.69, 9.17) is 23.2 Å². The van der Waals surface area contributed by atoms with Crippen molar-refractivity contribution in [2.24, 2.45) is 5.10 Å². The van der Waals surface area contributed by atoms with Crippen molar-refractivity contribution in [2.75, 3.05) is 16.6 Å². The second kappa shape index (κ2) is 8.37. The lowest BCUT2D eigenvalue weighted by atomic mass is 10.0.